The number of hydrogen-bond acceptors (Lipinski definition) is 3. The summed E-state index contributed by atoms with van der Waals surface area (Å²) >= 11 is 0. The predicted octanol–water partition coefficient (Wildman–Crippen LogP) is 2.25. The van der Waals surface area contributed by atoms with Gasteiger partial charge in [0.25, 0.3) is 0 Å². The van der Waals surface area contributed by atoms with E-state index in [0.717, 1.165) is 24.2 Å². The van der Waals surface area contributed by atoms with Crippen molar-refractivity contribution in [1.82, 2.24) is 4.90 Å². The largest absolute Gasteiger partial charge is 0.312 e. The molecule has 4 aliphatic carbocycles. The van der Waals surface area contributed by atoms with Crippen molar-refractivity contribution in [3.63, 3.8) is 0 Å². The van der Waals surface area contributed by atoms with Crippen molar-refractivity contribution < 1.29 is 4.79 Å². The Bertz CT molecular complexity index is 487. The van der Waals surface area contributed by atoms with Crippen LogP contribution in [0.4, 0.5) is 0 Å². The van der Waals surface area contributed by atoms with Crippen LogP contribution in [-0.4, -0.2) is 23.0 Å². The van der Waals surface area contributed by atoms with Crippen LogP contribution in [-0.2, 0) is 4.79 Å². The van der Waals surface area contributed by atoms with Crippen molar-refractivity contribution >= 4 is 5.91 Å². The summed E-state index contributed by atoms with van der Waals surface area (Å²) in [7, 11) is 0. The van der Waals surface area contributed by atoms with Crippen LogP contribution in [0.25, 0.3) is 0 Å². The molecular formula is C17H25N3O. The summed E-state index contributed by atoms with van der Waals surface area (Å²) in [4.78, 5) is 13.5. The summed E-state index contributed by atoms with van der Waals surface area (Å²) in [6.07, 6.45) is 8.84. The van der Waals surface area contributed by atoms with Crippen LogP contribution in [0, 0.1) is 40.4 Å². The molecule has 5 fully saturated rings. The molecule has 114 valence electrons. The van der Waals surface area contributed by atoms with Crippen LogP contribution in [0.5, 0.6) is 0 Å². The van der Waals surface area contributed by atoms with Crippen molar-refractivity contribution in [1.29, 1.82) is 5.26 Å². The van der Waals surface area contributed by atoms with E-state index in [1.165, 1.54) is 38.5 Å². The molecule has 0 aromatic carbocycles. The molecule has 1 aliphatic heterocycles. The van der Waals surface area contributed by atoms with Gasteiger partial charge in [0, 0.05) is 19.4 Å². The summed E-state index contributed by atoms with van der Waals surface area (Å²) in [6, 6.07) is 2.33. The number of hydrogen-bond donors (Lipinski definition) is 1. The topological polar surface area (TPSA) is 70.1 Å². The molecule has 2 unspecified atom stereocenters. The monoisotopic (exact) mass is 287 g/mol. The zero-order chi connectivity index (χ0) is 14.8. The van der Waals surface area contributed by atoms with E-state index in [2.05, 4.69) is 6.07 Å². The molecule has 4 nitrogen and oxygen atoms in total. The minimum absolute atomic E-state index is 0.0497. The van der Waals surface area contributed by atoms with Crippen LogP contribution < -0.4 is 5.73 Å². The minimum Gasteiger partial charge on any atom is -0.312 e. The van der Waals surface area contributed by atoms with E-state index in [4.69, 9.17) is 5.73 Å². The third-order valence-corrected chi connectivity index (χ3v) is 7.00. The first-order valence-corrected chi connectivity index (χ1v) is 8.45. The highest BCUT2D eigenvalue weighted by molar-refractivity contribution is 5.75. The van der Waals surface area contributed by atoms with Crippen molar-refractivity contribution in [2.75, 3.05) is 6.54 Å². The summed E-state index contributed by atoms with van der Waals surface area (Å²) in [6.45, 7) is 2.20. The number of nitriles is 1. The molecule has 5 aliphatic rings. The third-order valence-electron chi connectivity index (χ3n) is 7.00. The zero-order valence-electron chi connectivity index (χ0n) is 12.8. The Balaban J connectivity index is 1.70. The maximum atomic E-state index is 11.9. The van der Waals surface area contributed by atoms with E-state index in [9.17, 15) is 10.1 Å². The van der Waals surface area contributed by atoms with Crippen molar-refractivity contribution in [2.24, 2.45) is 34.8 Å². The molecule has 0 spiro atoms. The van der Waals surface area contributed by atoms with Crippen LogP contribution in [0.1, 0.15) is 51.9 Å². The van der Waals surface area contributed by atoms with Gasteiger partial charge in [-0.3, -0.25) is 10.5 Å². The van der Waals surface area contributed by atoms with Gasteiger partial charge in [0.1, 0.15) is 6.07 Å². The molecule has 2 atom stereocenters. The number of nitrogens with zero attached hydrogens (tertiary/aromatic N) is 2. The van der Waals surface area contributed by atoms with Crippen LogP contribution >= 0.6 is 0 Å². The number of nitrogens with two attached hydrogens (primary N) is 1. The molecule has 1 amide bonds. The second-order valence-corrected chi connectivity index (χ2v) is 8.23. The fraction of sp³-hybridized carbons (Fsp3) is 0.882. The predicted molar refractivity (Wildman–Crippen MR) is 78.6 cm³/mol. The molecule has 2 N–H and O–H groups in total. The van der Waals surface area contributed by atoms with Gasteiger partial charge >= 0.3 is 0 Å². The molecule has 1 heterocycles. The van der Waals surface area contributed by atoms with Gasteiger partial charge in [0.05, 0.1) is 0 Å². The highest BCUT2D eigenvalue weighted by Gasteiger charge is 2.62. The van der Waals surface area contributed by atoms with Gasteiger partial charge in [-0.1, -0.05) is 0 Å². The Morgan fingerprint density at radius 2 is 1.71 bits per heavy atom. The molecule has 0 aromatic heterocycles. The number of amides is 1. The zero-order valence-corrected chi connectivity index (χ0v) is 12.8. The number of rotatable bonds is 1. The Hall–Kier alpha value is -1.08. The van der Waals surface area contributed by atoms with Gasteiger partial charge in [0.2, 0.25) is 5.91 Å². The quantitative estimate of drug-likeness (QED) is 0.804. The Labute approximate surface area is 126 Å². The molecule has 0 aromatic rings. The second-order valence-electron chi connectivity index (χ2n) is 8.23. The molecule has 4 heteroatoms. The Morgan fingerprint density at radius 1 is 1.19 bits per heavy atom. The smallest absolute Gasteiger partial charge is 0.221 e. The normalized spacial score (nSPS) is 51.2. The third kappa shape index (κ3) is 1.73. The average Bonchev–Trinajstić information content (AvgIpc) is 2.76. The lowest BCUT2D eigenvalue weighted by Gasteiger charge is -2.60. The van der Waals surface area contributed by atoms with Gasteiger partial charge in [-0.2, -0.15) is 5.26 Å². The Kier molecular flexibility index (Phi) is 2.73. The highest BCUT2D eigenvalue weighted by atomic mass is 16.2. The SMILES string of the molecule is CC(=O)N1CCC(C23CC4CC(CC(C4)C2)C3)C1(N)C#N. The van der Waals surface area contributed by atoms with Crippen LogP contribution in [0.15, 0.2) is 0 Å². The fourth-order valence-electron chi connectivity index (χ4n) is 6.79. The molecular weight excluding hydrogens is 262 g/mol. The van der Waals surface area contributed by atoms with Crippen LogP contribution in [0.2, 0.25) is 0 Å². The van der Waals surface area contributed by atoms with E-state index < -0.39 is 5.66 Å². The molecule has 5 rings (SSSR count). The maximum absolute atomic E-state index is 11.9. The first-order chi connectivity index (χ1) is 9.97. The molecule has 4 bridgehead atoms. The van der Waals surface area contributed by atoms with E-state index in [0.29, 0.717) is 6.54 Å². The van der Waals surface area contributed by atoms with Crippen molar-refractivity contribution in [3.05, 3.63) is 0 Å². The number of carbonyl (C=O) groups is 1. The first kappa shape index (κ1) is 13.6. The maximum Gasteiger partial charge on any atom is 0.221 e. The minimum atomic E-state index is -1.07. The summed E-state index contributed by atoms with van der Waals surface area (Å²) in [5, 5.41) is 9.75. The average molecular weight is 287 g/mol. The second kappa shape index (κ2) is 4.23. The lowest BCUT2D eigenvalue weighted by molar-refractivity contribution is -0.136. The molecule has 1 saturated heterocycles. The fourth-order valence-corrected chi connectivity index (χ4v) is 6.79. The van der Waals surface area contributed by atoms with E-state index in [1.807, 2.05) is 0 Å². The van der Waals surface area contributed by atoms with Gasteiger partial charge in [0.15, 0.2) is 5.66 Å². The van der Waals surface area contributed by atoms with E-state index >= 15 is 0 Å². The number of carbonyl (C=O) groups excluding carboxylic acids is 1. The van der Waals surface area contributed by atoms with Crippen molar-refractivity contribution in [3.8, 4) is 6.07 Å². The molecule has 21 heavy (non-hydrogen) atoms. The highest BCUT2D eigenvalue weighted by Crippen LogP contribution is 2.65. The van der Waals surface area contributed by atoms with Crippen molar-refractivity contribution in [2.45, 2.75) is 57.5 Å². The van der Waals surface area contributed by atoms with Gasteiger partial charge in [-0.25, -0.2) is 0 Å². The molecule has 0 radical (unpaired) electrons. The van der Waals surface area contributed by atoms with Gasteiger partial charge in [-0.15, -0.1) is 0 Å². The standard InChI is InChI=1S/C17H25N3O/c1-11(21)20-3-2-15(17(20,19)10-18)16-7-12-4-13(8-16)6-14(5-12)9-16/h12-15H,2-9,19H2,1H3. The Morgan fingerprint density at radius 3 is 2.14 bits per heavy atom. The molecule has 4 saturated carbocycles. The lowest BCUT2D eigenvalue weighted by atomic mass is 9.45. The van der Waals surface area contributed by atoms with Gasteiger partial charge in [-0.05, 0) is 68.1 Å². The summed E-state index contributed by atoms with van der Waals surface area (Å²) < 4.78 is 0. The van der Waals surface area contributed by atoms with Gasteiger partial charge < -0.3 is 4.90 Å². The summed E-state index contributed by atoms with van der Waals surface area (Å²) in [5.41, 5.74) is 5.68. The lowest BCUT2D eigenvalue weighted by Crippen LogP contribution is -2.62. The van der Waals surface area contributed by atoms with E-state index in [-0.39, 0.29) is 17.2 Å². The summed E-state index contributed by atoms with van der Waals surface area (Å²) in [5.74, 6) is 2.68. The first-order valence-electron chi connectivity index (χ1n) is 8.45. The number of likely N-dealkylation sites (tertiary alicyclic amines) is 1. The van der Waals surface area contributed by atoms with Crippen LogP contribution in [0.3, 0.4) is 0 Å². The van der Waals surface area contributed by atoms with E-state index in [1.54, 1.807) is 11.8 Å².